The molecular formula is C30H31N5O5S. The van der Waals surface area contributed by atoms with Crippen LogP contribution in [0.3, 0.4) is 0 Å². The van der Waals surface area contributed by atoms with E-state index in [9.17, 15) is 4.79 Å². The number of allylic oxidation sites excluding steroid dienone is 1. The molecule has 1 amide bonds. The number of amides is 1. The molecule has 3 aromatic carbocycles. The van der Waals surface area contributed by atoms with Crippen molar-refractivity contribution in [3.63, 3.8) is 0 Å². The van der Waals surface area contributed by atoms with Crippen LogP contribution in [0.25, 0.3) is 0 Å². The average molecular weight is 574 g/mol. The number of benzene rings is 3. The van der Waals surface area contributed by atoms with Gasteiger partial charge in [0.1, 0.15) is 11.8 Å². The molecule has 2 heterocycles. The van der Waals surface area contributed by atoms with E-state index in [1.54, 1.807) is 45.3 Å². The molecule has 1 aromatic heterocycles. The fourth-order valence-corrected chi connectivity index (χ4v) is 5.50. The Labute approximate surface area is 242 Å². The van der Waals surface area contributed by atoms with E-state index < -0.39 is 6.04 Å². The van der Waals surface area contributed by atoms with Gasteiger partial charge in [0.15, 0.2) is 11.5 Å². The summed E-state index contributed by atoms with van der Waals surface area (Å²) in [5.74, 6) is 2.82. The molecule has 0 spiro atoms. The molecule has 0 bridgehead atoms. The lowest BCUT2D eigenvalue weighted by molar-refractivity contribution is -0.113. The van der Waals surface area contributed by atoms with E-state index in [4.69, 9.17) is 29.0 Å². The summed E-state index contributed by atoms with van der Waals surface area (Å²) in [5, 5.41) is 11.7. The summed E-state index contributed by atoms with van der Waals surface area (Å²) in [6, 6.07) is 20.4. The van der Waals surface area contributed by atoms with Crippen LogP contribution in [0.4, 0.5) is 11.6 Å². The summed E-state index contributed by atoms with van der Waals surface area (Å²) < 4.78 is 24.0. The van der Waals surface area contributed by atoms with Crippen LogP contribution in [0.2, 0.25) is 0 Å². The first-order chi connectivity index (χ1) is 20.0. The molecule has 0 fully saturated rings. The zero-order chi connectivity index (χ0) is 28.9. The molecule has 4 aromatic rings. The van der Waals surface area contributed by atoms with Crippen molar-refractivity contribution >= 4 is 29.3 Å². The molecule has 212 valence electrons. The quantitative estimate of drug-likeness (QED) is 0.237. The van der Waals surface area contributed by atoms with Gasteiger partial charge in [-0.1, -0.05) is 54.2 Å². The van der Waals surface area contributed by atoms with Crippen molar-refractivity contribution in [1.29, 1.82) is 0 Å². The largest absolute Gasteiger partial charge is 0.495 e. The Morgan fingerprint density at radius 1 is 0.927 bits per heavy atom. The number of hydrogen-bond donors (Lipinski definition) is 2. The third-order valence-corrected chi connectivity index (χ3v) is 7.56. The number of fused-ring (bicyclic) bond motifs is 1. The van der Waals surface area contributed by atoms with E-state index in [1.165, 1.54) is 11.8 Å². The van der Waals surface area contributed by atoms with Crippen molar-refractivity contribution < 1.29 is 23.7 Å². The molecular weight excluding hydrogens is 542 g/mol. The lowest BCUT2D eigenvalue weighted by Gasteiger charge is -2.29. The van der Waals surface area contributed by atoms with Crippen LogP contribution >= 0.6 is 11.8 Å². The topological polar surface area (TPSA) is 109 Å². The number of anilines is 2. The number of methoxy groups -OCH3 is 4. The number of hydrogen-bond acceptors (Lipinski definition) is 9. The molecule has 41 heavy (non-hydrogen) atoms. The maximum atomic E-state index is 14.0. The van der Waals surface area contributed by atoms with E-state index >= 15 is 0 Å². The molecule has 1 aliphatic rings. The van der Waals surface area contributed by atoms with Crippen LogP contribution in [0, 0.1) is 0 Å². The smallest absolute Gasteiger partial charge is 0.255 e. The summed E-state index contributed by atoms with van der Waals surface area (Å²) >= 11 is 1.52. The minimum atomic E-state index is -0.659. The number of rotatable bonds is 10. The van der Waals surface area contributed by atoms with Crippen LogP contribution in [-0.4, -0.2) is 49.1 Å². The van der Waals surface area contributed by atoms with E-state index in [0.717, 1.165) is 5.56 Å². The molecule has 5 rings (SSSR count). The summed E-state index contributed by atoms with van der Waals surface area (Å²) in [4.78, 5) is 18.7. The summed E-state index contributed by atoms with van der Waals surface area (Å²) in [6.07, 6.45) is 0. The van der Waals surface area contributed by atoms with Gasteiger partial charge in [-0.05, 0) is 42.3 Å². The van der Waals surface area contributed by atoms with E-state index in [0.29, 0.717) is 62.4 Å². The highest BCUT2D eigenvalue weighted by Crippen LogP contribution is 2.44. The van der Waals surface area contributed by atoms with Gasteiger partial charge in [0.05, 0.1) is 39.7 Å². The maximum Gasteiger partial charge on any atom is 0.255 e. The summed E-state index contributed by atoms with van der Waals surface area (Å²) in [6.45, 7) is 1.84. The number of aromatic nitrogens is 3. The molecule has 0 aliphatic carbocycles. The van der Waals surface area contributed by atoms with Crippen molar-refractivity contribution in [2.75, 3.05) is 39.1 Å². The van der Waals surface area contributed by atoms with Gasteiger partial charge in [0.2, 0.25) is 16.9 Å². The van der Waals surface area contributed by atoms with Gasteiger partial charge < -0.3 is 29.6 Å². The second kappa shape index (κ2) is 12.3. The molecule has 0 unspecified atom stereocenters. The van der Waals surface area contributed by atoms with Crippen molar-refractivity contribution in [3.8, 4) is 23.0 Å². The number of para-hydroxylation sites is 2. The van der Waals surface area contributed by atoms with E-state index in [-0.39, 0.29) is 5.91 Å². The molecule has 1 atom stereocenters. The first-order valence-corrected chi connectivity index (χ1v) is 13.8. The van der Waals surface area contributed by atoms with Gasteiger partial charge in [-0.2, -0.15) is 4.98 Å². The minimum absolute atomic E-state index is 0.321. The highest BCUT2D eigenvalue weighted by molar-refractivity contribution is 7.98. The van der Waals surface area contributed by atoms with Crippen molar-refractivity contribution in [1.82, 2.24) is 14.8 Å². The zero-order valence-corrected chi connectivity index (χ0v) is 24.2. The number of nitrogens with one attached hydrogen (secondary N) is 2. The van der Waals surface area contributed by atoms with Crippen LogP contribution in [0.5, 0.6) is 23.0 Å². The second-order valence-corrected chi connectivity index (χ2v) is 10.1. The molecule has 10 nitrogen and oxygen atoms in total. The Kier molecular flexibility index (Phi) is 8.34. The third-order valence-electron chi connectivity index (χ3n) is 6.65. The zero-order valence-electron chi connectivity index (χ0n) is 23.4. The van der Waals surface area contributed by atoms with Gasteiger partial charge in [0.25, 0.3) is 5.91 Å². The van der Waals surface area contributed by atoms with Crippen LogP contribution in [0.1, 0.15) is 24.1 Å². The fourth-order valence-electron chi connectivity index (χ4n) is 4.71. The fraction of sp³-hybridized carbons (Fsp3) is 0.233. The molecule has 11 heteroatoms. The van der Waals surface area contributed by atoms with Gasteiger partial charge >= 0.3 is 0 Å². The number of nitrogens with zero attached hydrogens (tertiary/aromatic N) is 3. The van der Waals surface area contributed by atoms with Crippen LogP contribution < -0.4 is 29.6 Å². The van der Waals surface area contributed by atoms with E-state index in [2.05, 4.69) is 22.8 Å². The van der Waals surface area contributed by atoms with E-state index in [1.807, 2.05) is 49.4 Å². The van der Waals surface area contributed by atoms with Gasteiger partial charge in [-0.15, -0.1) is 5.10 Å². The predicted molar refractivity (Wildman–Crippen MR) is 158 cm³/mol. The van der Waals surface area contributed by atoms with Crippen LogP contribution in [0.15, 0.2) is 83.2 Å². The lowest BCUT2D eigenvalue weighted by Crippen LogP contribution is -2.31. The Morgan fingerprint density at radius 3 is 2.24 bits per heavy atom. The third kappa shape index (κ3) is 5.66. The standard InChI is InChI=1S/C30H31N5O5S/c1-18-25(28(36)32-21-13-9-10-14-22(21)37-2)26(20-15-23(38-3)27(40-5)24(16-20)39-4)35-29(31-18)33-30(34-35)41-17-19-11-7-6-8-12-19/h6-16,26H,17H2,1-5H3,(H,32,36)(H,31,33,34)/t26-/m1/s1. The Hall–Kier alpha value is -4.64. The Bertz CT molecular complexity index is 1560. The Morgan fingerprint density at radius 2 is 1.59 bits per heavy atom. The number of carbonyl (C=O) groups is 1. The number of carbonyl (C=O) groups excluding carboxylic acids is 1. The van der Waals surface area contributed by atoms with Crippen molar-refractivity contribution in [3.05, 3.63) is 89.1 Å². The van der Waals surface area contributed by atoms with Crippen molar-refractivity contribution in [2.45, 2.75) is 23.9 Å². The maximum absolute atomic E-state index is 14.0. The monoisotopic (exact) mass is 573 g/mol. The first-order valence-electron chi connectivity index (χ1n) is 12.8. The highest BCUT2D eigenvalue weighted by atomic mass is 32.2. The summed E-state index contributed by atoms with van der Waals surface area (Å²) in [7, 11) is 6.22. The normalized spacial score (nSPS) is 14.1. The molecule has 0 saturated carbocycles. The molecule has 0 saturated heterocycles. The summed E-state index contributed by atoms with van der Waals surface area (Å²) in [5.41, 5.74) is 3.49. The molecule has 1 aliphatic heterocycles. The SMILES string of the molecule is COc1ccccc1NC(=O)C1=C(C)Nc2nc(SCc3ccccc3)nn2[C@@H]1c1cc(OC)c(OC)c(OC)c1. The van der Waals surface area contributed by atoms with Gasteiger partial charge in [-0.25, -0.2) is 4.68 Å². The first kappa shape index (κ1) is 27.9. The van der Waals surface area contributed by atoms with Crippen LogP contribution in [-0.2, 0) is 10.5 Å². The lowest BCUT2D eigenvalue weighted by atomic mass is 9.94. The second-order valence-electron chi connectivity index (χ2n) is 9.12. The van der Waals surface area contributed by atoms with Gasteiger partial charge in [0, 0.05) is 11.4 Å². The molecule has 0 radical (unpaired) electrons. The van der Waals surface area contributed by atoms with Crippen molar-refractivity contribution in [2.24, 2.45) is 0 Å². The number of thioether (sulfide) groups is 1. The minimum Gasteiger partial charge on any atom is -0.495 e. The number of ether oxygens (including phenoxy) is 4. The molecule has 2 N–H and O–H groups in total. The Balaban J connectivity index is 1.59. The van der Waals surface area contributed by atoms with Gasteiger partial charge in [-0.3, -0.25) is 4.79 Å². The highest BCUT2D eigenvalue weighted by Gasteiger charge is 2.36. The average Bonchev–Trinajstić information content (AvgIpc) is 3.41. The predicted octanol–water partition coefficient (Wildman–Crippen LogP) is 5.53.